The van der Waals surface area contributed by atoms with Crippen LogP contribution in [0.3, 0.4) is 0 Å². The summed E-state index contributed by atoms with van der Waals surface area (Å²) in [4.78, 5) is 50.2. The first-order valence-corrected chi connectivity index (χ1v) is 8.99. The molecule has 1 aliphatic rings. The molecule has 150 valence electrons. The van der Waals surface area contributed by atoms with Crippen LogP contribution in [0.4, 0.5) is 5.69 Å². The molecule has 3 rings (SSSR count). The summed E-state index contributed by atoms with van der Waals surface area (Å²) in [5, 5.41) is 2.58. The number of ether oxygens (including phenoxy) is 2. The number of rotatable bonds is 7. The van der Waals surface area contributed by atoms with E-state index in [1.807, 2.05) is 0 Å². The molecule has 1 heterocycles. The van der Waals surface area contributed by atoms with Crippen molar-refractivity contribution < 1.29 is 28.7 Å². The number of carbonyl (C=O) groups is 4. The van der Waals surface area contributed by atoms with Gasteiger partial charge in [-0.1, -0.05) is 12.1 Å². The Kier molecular flexibility index (Phi) is 6.04. The molecule has 8 heteroatoms. The molecule has 0 saturated heterocycles. The zero-order valence-electron chi connectivity index (χ0n) is 16.0. The normalized spacial score (nSPS) is 13.8. The highest BCUT2D eigenvalue weighted by Gasteiger charge is 2.36. The van der Waals surface area contributed by atoms with Crippen molar-refractivity contribution in [2.24, 2.45) is 0 Å². The molecule has 1 aliphatic heterocycles. The van der Waals surface area contributed by atoms with E-state index < -0.39 is 29.8 Å². The van der Waals surface area contributed by atoms with Crippen LogP contribution in [0.2, 0.25) is 0 Å². The van der Waals surface area contributed by atoms with E-state index in [1.165, 1.54) is 38.3 Å². The van der Waals surface area contributed by atoms with E-state index in [0.717, 1.165) is 4.90 Å². The molecular formula is C21H20N2O6. The van der Waals surface area contributed by atoms with E-state index in [0.29, 0.717) is 30.0 Å². The lowest BCUT2D eigenvalue weighted by Crippen LogP contribution is -2.37. The largest absolute Gasteiger partial charge is 0.449 e. The second-order valence-electron chi connectivity index (χ2n) is 6.37. The molecule has 2 aromatic carbocycles. The number of esters is 1. The summed E-state index contributed by atoms with van der Waals surface area (Å²) < 4.78 is 9.98. The Bertz CT molecular complexity index is 919. The van der Waals surface area contributed by atoms with Gasteiger partial charge in [0, 0.05) is 13.7 Å². The maximum atomic E-state index is 12.5. The molecule has 0 bridgehead atoms. The minimum absolute atomic E-state index is 0.196. The Labute approximate surface area is 167 Å². The molecular weight excluding hydrogens is 376 g/mol. The molecule has 0 fully saturated rings. The lowest BCUT2D eigenvalue weighted by atomic mass is 10.1. The SMILES string of the molecule is COCCNC(=O)[C@@H](C)OC(=O)c1ccc(N2C(=O)c3ccccc3C2=O)cc1. The summed E-state index contributed by atoms with van der Waals surface area (Å²) in [5.74, 6) is -1.95. The van der Waals surface area contributed by atoms with Crippen LogP contribution in [0.25, 0.3) is 0 Å². The Morgan fingerprint density at radius 1 is 1.00 bits per heavy atom. The van der Waals surface area contributed by atoms with Crippen LogP contribution < -0.4 is 10.2 Å². The molecule has 0 aromatic heterocycles. The fourth-order valence-corrected chi connectivity index (χ4v) is 2.87. The highest BCUT2D eigenvalue weighted by molar-refractivity contribution is 6.34. The number of hydrogen-bond acceptors (Lipinski definition) is 6. The van der Waals surface area contributed by atoms with Crippen LogP contribution in [0.1, 0.15) is 38.0 Å². The van der Waals surface area contributed by atoms with Gasteiger partial charge in [0.2, 0.25) is 0 Å². The first-order valence-electron chi connectivity index (χ1n) is 8.99. The van der Waals surface area contributed by atoms with Gasteiger partial charge in [0.1, 0.15) is 0 Å². The van der Waals surface area contributed by atoms with Gasteiger partial charge >= 0.3 is 5.97 Å². The molecule has 29 heavy (non-hydrogen) atoms. The fraction of sp³-hybridized carbons (Fsp3) is 0.238. The lowest BCUT2D eigenvalue weighted by molar-refractivity contribution is -0.129. The summed E-state index contributed by atoms with van der Waals surface area (Å²) in [6, 6.07) is 12.4. The zero-order chi connectivity index (χ0) is 21.0. The number of benzene rings is 2. The summed E-state index contributed by atoms with van der Waals surface area (Å²) >= 11 is 0. The highest BCUT2D eigenvalue weighted by atomic mass is 16.5. The van der Waals surface area contributed by atoms with Crippen molar-refractivity contribution in [2.45, 2.75) is 13.0 Å². The van der Waals surface area contributed by atoms with Crippen molar-refractivity contribution in [3.05, 3.63) is 65.2 Å². The molecule has 0 spiro atoms. The number of anilines is 1. The Morgan fingerprint density at radius 2 is 1.59 bits per heavy atom. The van der Waals surface area contributed by atoms with E-state index in [-0.39, 0.29) is 5.56 Å². The molecule has 0 unspecified atom stereocenters. The van der Waals surface area contributed by atoms with Gasteiger partial charge in [0.25, 0.3) is 17.7 Å². The summed E-state index contributed by atoms with van der Waals surface area (Å²) in [6.45, 7) is 2.13. The fourth-order valence-electron chi connectivity index (χ4n) is 2.87. The van der Waals surface area contributed by atoms with Gasteiger partial charge in [-0.3, -0.25) is 14.4 Å². The second-order valence-corrected chi connectivity index (χ2v) is 6.37. The van der Waals surface area contributed by atoms with Crippen molar-refractivity contribution >= 4 is 29.4 Å². The highest BCUT2D eigenvalue weighted by Crippen LogP contribution is 2.28. The van der Waals surface area contributed by atoms with E-state index in [1.54, 1.807) is 24.3 Å². The monoisotopic (exact) mass is 396 g/mol. The summed E-state index contributed by atoms with van der Waals surface area (Å²) in [5.41, 5.74) is 1.23. The third kappa shape index (κ3) is 4.17. The average molecular weight is 396 g/mol. The number of carbonyl (C=O) groups excluding carboxylic acids is 4. The van der Waals surface area contributed by atoms with Crippen LogP contribution in [-0.2, 0) is 14.3 Å². The molecule has 0 radical (unpaired) electrons. The van der Waals surface area contributed by atoms with Crippen LogP contribution in [0.5, 0.6) is 0 Å². The van der Waals surface area contributed by atoms with Crippen molar-refractivity contribution in [1.29, 1.82) is 0 Å². The Balaban J connectivity index is 1.66. The number of methoxy groups -OCH3 is 1. The van der Waals surface area contributed by atoms with Crippen molar-refractivity contribution in [3.63, 3.8) is 0 Å². The van der Waals surface area contributed by atoms with Crippen LogP contribution in [0, 0.1) is 0 Å². The van der Waals surface area contributed by atoms with Crippen LogP contribution in [-0.4, -0.2) is 50.1 Å². The first-order chi connectivity index (χ1) is 13.9. The zero-order valence-corrected chi connectivity index (χ0v) is 16.0. The predicted molar refractivity (Wildman–Crippen MR) is 104 cm³/mol. The van der Waals surface area contributed by atoms with Crippen LogP contribution >= 0.6 is 0 Å². The predicted octanol–water partition coefficient (Wildman–Crippen LogP) is 1.80. The number of amides is 3. The number of fused-ring (bicyclic) bond motifs is 1. The van der Waals surface area contributed by atoms with E-state index >= 15 is 0 Å². The third-order valence-electron chi connectivity index (χ3n) is 4.41. The molecule has 0 aliphatic carbocycles. The van der Waals surface area contributed by atoms with Crippen LogP contribution in [0.15, 0.2) is 48.5 Å². The van der Waals surface area contributed by atoms with Gasteiger partial charge in [-0.05, 0) is 43.3 Å². The quantitative estimate of drug-likeness (QED) is 0.435. The average Bonchev–Trinajstić information content (AvgIpc) is 2.99. The molecule has 2 aromatic rings. The topological polar surface area (TPSA) is 102 Å². The van der Waals surface area contributed by atoms with Gasteiger partial charge in [-0.2, -0.15) is 0 Å². The summed E-state index contributed by atoms with van der Waals surface area (Å²) in [7, 11) is 1.52. The Morgan fingerprint density at radius 3 is 2.14 bits per heavy atom. The first kappa shape index (κ1) is 20.2. The van der Waals surface area contributed by atoms with Gasteiger partial charge in [0.15, 0.2) is 6.10 Å². The van der Waals surface area contributed by atoms with Crippen molar-refractivity contribution in [1.82, 2.24) is 5.32 Å². The number of imide groups is 1. The van der Waals surface area contributed by atoms with Crippen molar-refractivity contribution in [3.8, 4) is 0 Å². The number of nitrogens with one attached hydrogen (secondary N) is 1. The molecule has 1 N–H and O–H groups in total. The Hall–Kier alpha value is -3.52. The molecule has 3 amide bonds. The molecule has 1 atom stereocenters. The number of hydrogen-bond donors (Lipinski definition) is 1. The standard InChI is InChI=1S/C21H20N2O6/c1-13(18(24)22-11-12-28-2)29-21(27)14-7-9-15(10-8-14)23-19(25)16-5-3-4-6-17(16)20(23)26/h3-10,13H,11-12H2,1-2H3,(H,22,24)/t13-/m1/s1. The van der Waals surface area contributed by atoms with Gasteiger partial charge < -0.3 is 14.8 Å². The van der Waals surface area contributed by atoms with Gasteiger partial charge in [0.05, 0.1) is 29.0 Å². The minimum atomic E-state index is -0.977. The van der Waals surface area contributed by atoms with E-state index in [2.05, 4.69) is 5.32 Å². The minimum Gasteiger partial charge on any atom is -0.449 e. The van der Waals surface area contributed by atoms with E-state index in [4.69, 9.17) is 9.47 Å². The third-order valence-corrected chi connectivity index (χ3v) is 4.41. The lowest BCUT2D eigenvalue weighted by Gasteiger charge is -2.15. The smallest absolute Gasteiger partial charge is 0.338 e. The van der Waals surface area contributed by atoms with Gasteiger partial charge in [-0.25, -0.2) is 9.69 Å². The molecule has 8 nitrogen and oxygen atoms in total. The maximum Gasteiger partial charge on any atom is 0.338 e. The molecule has 0 saturated carbocycles. The number of nitrogens with zero attached hydrogens (tertiary/aromatic N) is 1. The van der Waals surface area contributed by atoms with Gasteiger partial charge in [-0.15, -0.1) is 0 Å². The maximum absolute atomic E-state index is 12.5. The summed E-state index contributed by atoms with van der Waals surface area (Å²) in [6.07, 6.45) is -0.977. The second kappa shape index (κ2) is 8.66. The van der Waals surface area contributed by atoms with E-state index in [9.17, 15) is 19.2 Å². The van der Waals surface area contributed by atoms with Crippen molar-refractivity contribution in [2.75, 3.05) is 25.2 Å².